The molecule has 2 aromatic rings. The van der Waals surface area contributed by atoms with Crippen molar-refractivity contribution in [1.82, 2.24) is 5.32 Å². The molecule has 0 unspecified atom stereocenters. The van der Waals surface area contributed by atoms with E-state index in [9.17, 15) is 4.79 Å². The fourth-order valence-electron chi connectivity index (χ4n) is 3.14. The number of hydrogen-bond donors (Lipinski definition) is 1. The molecule has 0 heterocycles. The molecule has 4 heteroatoms. The monoisotopic (exact) mass is 310 g/mol. The zero-order valence-electron chi connectivity index (χ0n) is 13.4. The van der Waals surface area contributed by atoms with Crippen molar-refractivity contribution >= 4 is 22.6 Å². The number of fused-ring (bicyclic) bond motifs is 1. The number of carbonyl (C=O) groups is 1. The Bertz CT molecular complexity index is 713. The third kappa shape index (κ3) is 3.89. The third-order valence-electron chi connectivity index (χ3n) is 4.37. The molecule has 3 rings (SSSR count). The van der Waals surface area contributed by atoms with Crippen LogP contribution in [0, 0.1) is 0 Å². The summed E-state index contributed by atoms with van der Waals surface area (Å²) >= 11 is 0. The molecule has 120 valence electrons. The van der Waals surface area contributed by atoms with Gasteiger partial charge in [-0.2, -0.15) is 0 Å². The second-order valence-electron chi connectivity index (χ2n) is 6.06. The molecule has 0 aliphatic heterocycles. The van der Waals surface area contributed by atoms with Gasteiger partial charge in [-0.1, -0.05) is 66.9 Å². The van der Waals surface area contributed by atoms with E-state index in [0.717, 1.165) is 29.2 Å². The number of hydrogen-bond acceptors (Lipinski definition) is 3. The number of nitrogens with zero attached hydrogens (tertiary/aromatic N) is 1. The molecule has 1 aliphatic carbocycles. The van der Waals surface area contributed by atoms with E-state index in [4.69, 9.17) is 4.84 Å². The van der Waals surface area contributed by atoms with E-state index in [-0.39, 0.29) is 6.04 Å². The minimum Gasteiger partial charge on any atom is -0.317 e. The lowest BCUT2D eigenvalue weighted by atomic mass is 9.96. The smallest absolute Gasteiger partial charge is 0.317 e. The zero-order valence-corrected chi connectivity index (χ0v) is 13.4. The Hall–Kier alpha value is -2.36. The van der Waals surface area contributed by atoms with E-state index in [1.807, 2.05) is 37.3 Å². The highest BCUT2D eigenvalue weighted by Gasteiger charge is 2.16. The van der Waals surface area contributed by atoms with Gasteiger partial charge in [0.25, 0.3) is 0 Å². The van der Waals surface area contributed by atoms with Crippen molar-refractivity contribution in [2.75, 3.05) is 0 Å². The number of benzene rings is 2. The maximum absolute atomic E-state index is 11.9. The molecule has 0 spiro atoms. The maximum atomic E-state index is 11.9. The van der Waals surface area contributed by atoms with E-state index in [0.29, 0.717) is 5.71 Å². The van der Waals surface area contributed by atoms with Crippen LogP contribution in [-0.2, 0) is 4.84 Å². The fourth-order valence-corrected chi connectivity index (χ4v) is 3.14. The lowest BCUT2D eigenvalue weighted by Crippen LogP contribution is -2.35. The highest BCUT2D eigenvalue weighted by molar-refractivity contribution is 6.09. The van der Waals surface area contributed by atoms with Gasteiger partial charge in [-0.25, -0.2) is 4.79 Å². The highest BCUT2D eigenvalue weighted by Crippen LogP contribution is 2.20. The summed E-state index contributed by atoms with van der Waals surface area (Å²) in [4.78, 5) is 16.9. The topological polar surface area (TPSA) is 50.7 Å². The van der Waals surface area contributed by atoms with Gasteiger partial charge in [0.15, 0.2) is 0 Å². The van der Waals surface area contributed by atoms with Crippen LogP contribution in [0.2, 0.25) is 0 Å². The van der Waals surface area contributed by atoms with Crippen LogP contribution in [0.5, 0.6) is 0 Å². The molecule has 1 fully saturated rings. The van der Waals surface area contributed by atoms with Crippen molar-refractivity contribution in [1.29, 1.82) is 0 Å². The van der Waals surface area contributed by atoms with Crippen LogP contribution in [0.25, 0.3) is 10.8 Å². The van der Waals surface area contributed by atoms with E-state index < -0.39 is 6.09 Å². The summed E-state index contributed by atoms with van der Waals surface area (Å²) in [5, 5.41) is 9.16. The first-order valence-electron chi connectivity index (χ1n) is 8.24. The summed E-state index contributed by atoms with van der Waals surface area (Å²) < 4.78 is 0. The molecule has 1 saturated carbocycles. The Morgan fingerprint density at radius 2 is 1.83 bits per heavy atom. The Kier molecular flexibility index (Phi) is 4.91. The molecule has 1 aliphatic rings. The van der Waals surface area contributed by atoms with Crippen molar-refractivity contribution in [3.63, 3.8) is 0 Å². The molecule has 0 saturated heterocycles. The van der Waals surface area contributed by atoms with E-state index in [1.54, 1.807) is 0 Å². The molecule has 0 bridgehead atoms. The van der Waals surface area contributed by atoms with Crippen LogP contribution in [-0.4, -0.2) is 17.8 Å². The van der Waals surface area contributed by atoms with E-state index in [2.05, 4.69) is 22.6 Å². The number of carbonyl (C=O) groups excluding carboxylic acids is 1. The molecule has 1 amide bonds. The largest absolute Gasteiger partial charge is 0.433 e. The van der Waals surface area contributed by atoms with Gasteiger partial charge >= 0.3 is 6.09 Å². The molecule has 0 atom stereocenters. The Morgan fingerprint density at radius 1 is 1.09 bits per heavy atom. The van der Waals surface area contributed by atoms with Gasteiger partial charge < -0.3 is 5.32 Å². The van der Waals surface area contributed by atoms with Crippen LogP contribution >= 0.6 is 0 Å². The summed E-state index contributed by atoms with van der Waals surface area (Å²) in [6, 6.07) is 14.4. The minimum absolute atomic E-state index is 0.226. The summed E-state index contributed by atoms with van der Waals surface area (Å²) in [6.07, 6.45) is 5.19. The van der Waals surface area contributed by atoms with Crippen molar-refractivity contribution < 1.29 is 9.63 Å². The molecular weight excluding hydrogens is 288 g/mol. The van der Waals surface area contributed by atoms with Gasteiger partial charge in [-0.3, -0.25) is 4.84 Å². The summed E-state index contributed by atoms with van der Waals surface area (Å²) in [5.74, 6) is 0. The van der Waals surface area contributed by atoms with Crippen LogP contribution in [0.15, 0.2) is 47.6 Å². The van der Waals surface area contributed by atoms with E-state index >= 15 is 0 Å². The number of amides is 1. The standard InChI is InChI=1S/C19H22N2O2/c1-14(17-13-7-9-15-8-5-6-12-18(15)17)21-23-19(22)20-16-10-3-2-4-11-16/h5-9,12-13,16H,2-4,10-11H2,1H3,(H,20,22)/b21-14-. The van der Waals surface area contributed by atoms with Crippen LogP contribution < -0.4 is 5.32 Å². The fraction of sp³-hybridized carbons (Fsp3) is 0.368. The number of oxime groups is 1. The second kappa shape index (κ2) is 7.27. The van der Waals surface area contributed by atoms with Crippen LogP contribution in [0.1, 0.15) is 44.6 Å². The average Bonchev–Trinajstić information content (AvgIpc) is 2.60. The Morgan fingerprint density at radius 3 is 2.65 bits per heavy atom. The molecule has 2 aromatic carbocycles. The number of nitrogens with one attached hydrogen (secondary N) is 1. The predicted molar refractivity (Wildman–Crippen MR) is 92.6 cm³/mol. The number of rotatable bonds is 3. The molecule has 4 nitrogen and oxygen atoms in total. The predicted octanol–water partition coefficient (Wildman–Crippen LogP) is 4.62. The minimum atomic E-state index is -0.462. The molecule has 0 aromatic heterocycles. The van der Waals surface area contributed by atoms with Gasteiger partial charge in [0, 0.05) is 11.6 Å². The van der Waals surface area contributed by atoms with Gasteiger partial charge in [-0.15, -0.1) is 0 Å². The summed E-state index contributed by atoms with van der Waals surface area (Å²) in [5.41, 5.74) is 1.68. The van der Waals surface area contributed by atoms with Crippen molar-refractivity contribution in [2.24, 2.45) is 5.16 Å². The lowest BCUT2D eigenvalue weighted by molar-refractivity contribution is 0.143. The quantitative estimate of drug-likeness (QED) is 0.511. The van der Waals surface area contributed by atoms with Gasteiger partial charge in [-0.05, 0) is 30.5 Å². The first-order valence-corrected chi connectivity index (χ1v) is 8.24. The SMILES string of the molecule is C/C(=N/OC(=O)NC1CCCCC1)c1cccc2ccccc12. The van der Waals surface area contributed by atoms with Crippen molar-refractivity contribution in [3.05, 3.63) is 48.0 Å². The second-order valence-corrected chi connectivity index (χ2v) is 6.06. The summed E-state index contributed by atoms with van der Waals surface area (Å²) in [7, 11) is 0. The Labute approximate surface area is 136 Å². The van der Waals surface area contributed by atoms with Gasteiger partial charge in [0.1, 0.15) is 0 Å². The molecule has 0 radical (unpaired) electrons. The van der Waals surface area contributed by atoms with E-state index in [1.165, 1.54) is 19.3 Å². The Balaban J connectivity index is 1.68. The first kappa shape index (κ1) is 15.5. The molecule has 23 heavy (non-hydrogen) atoms. The zero-order chi connectivity index (χ0) is 16.1. The van der Waals surface area contributed by atoms with Crippen LogP contribution in [0.4, 0.5) is 4.79 Å². The molecule has 1 N–H and O–H groups in total. The van der Waals surface area contributed by atoms with Gasteiger partial charge in [0.05, 0.1) is 5.71 Å². The average molecular weight is 310 g/mol. The molecular formula is C19H22N2O2. The maximum Gasteiger partial charge on any atom is 0.433 e. The third-order valence-corrected chi connectivity index (χ3v) is 4.37. The summed E-state index contributed by atoms with van der Waals surface area (Å²) in [6.45, 7) is 1.86. The lowest BCUT2D eigenvalue weighted by Gasteiger charge is -2.21. The highest BCUT2D eigenvalue weighted by atomic mass is 16.7. The van der Waals surface area contributed by atoms with Gasteiger partial charge in [0.2, 0.25) is 0 Å². The normalized spacial score (nSPS) is 16.3. The van der Waals surface area contributed by atoms with Crippen LogP contribution in [0.3, 0.4) is 0 Å². The van der Waals surface area contributed by atoms with Crippen molar-refractivity contribution in [3.8, 4) is 0 Å². The first-order chi connectivity index (χ1) is 11.2. The van der Waals surface area contributed by atoms with Crippen molar-refractivity contribution in [2.45, 2.75) is 45.1 Å².